The number of pyridine rings is 1. The van der Waals surface area contributed by atoms with Crippen molar-refractivity contribution >= 4 is 5.82 Å². The first-order valence-electron chi connectivity index (χ1n) is 7.33. The summed E-state index contributed by atoms with van der Waals surface area (Å²) in [6, 6.07) is 3.90. The lowest BCUT2D eigenvalue weighted by atomic mass is 10.1. The van der Waals surface area contributed by atoms with E-state index < -0.39 is 6.10 Å². The number of aliphatic hydroxyl groups is 1. The highest BCUT2D eigenvalue weighted by Crippen LogP contribution is 2.30. The molecule has 1 aliphatic carbocycles. The van der Waals surface area contributed by atoms with Crippen LogP contribution >= 0.6 is 0 Å². The monoisotopic (exact) mass is 261 g/mol. The van der Waals surface area contributed by atoms with Gasteiger partial charge in [0.05, 0.1) is 6.10 Å². The lowest BCUT2D eigenvalue weighted by molar-refractivity contribution is 0.199. The molecule has 0 aromatic carbocycles. The van der Waals surface area contributed by atoms with E-state index >= 15 is 0 Å². The summed E-state index contributed by atoms with van der Waals surface area (Å²) in [6.45, 7) is 7.45. The predicted molar refractivity (Wildman–Crippen MR) is 76.2 cm³/mol. The highest BCUT2D eigenvalue weighted by molar-refractivity contribution is 5.42. The molecule has 3 rings (SSSR count). The Bertz CT molecular complexity index is 423. The zero-order chi connectivity index (χ0) is 13.2. The number of aliphatic hydroxyl groups excluding tert-OH is 1. The summed E-state index contributed by atoms with van der Waals surface area (Å²) in [5, 5.41) is 9.64. The second-order valence-corrected chi connectivity index (χ2v) is 5.85. The van der Waals surface area contributed by atoms with E-state index in [1.54, 1.807) is 13.1 Å². The van der Waals surface area contributed by atoms with E-state index in [9.17, 15) is 5.11 Å². The summed E-state index contributed by atoms with van der Waals surface area (Å²) in [5.41, 5.74) is 0.949. The third-order valence-corrected chi connectivity index (χ3v) is 4.16. The van der Waals surface area contributed by atoms with Crippen LogP contribution in [0.25, 0.3) is 0 Å². The molecule has 2 aliphatic rings. The largest absolute Gasteiger partial charge is 0.389 e. The van der Waals surface area contributed by atoms with Crippen LogP contribution in [0.3, 0.4) is 0 Å². The molecule has 19 heavy (non-hydrogen) atoms. The van der Waals surface area contributed by atoms with Crippen molar-refractivity contribution in [3.05, 3.63) is 23.9 Å². The van der Waals surface area contributed by atoms with Crippen molar-refractivity contribution < 1.29 is 5.11 Å². The summed E-state index contributed by atoms with van der Waals surface area (Å²) in [5.74, 6) is 1.98. The van der Waals surface area contributed by atoms with Crippen LogP contribution in [0.4, 0.5) is 5.82 Å². The Balaban J connectivity index is 1.59. The minimum absolute atomic E-state index is 0.419. The van der Waals surface area contributed by atoms with Crippen molar-refractivity contribution in [1.29, 1.82) is 0 Å². The van der Waals surface area contributed by atoms with Crippen LogP contribution in [0.5, 0.6) is 0 Å². The summed E-state index contributed by atoms with van der Waals surface area (Å²) < 4.78 is 0. The molecule has 1 aliphatic heterocycles. The highest BCUT2D eigenvalue weighted by Gasteiger charge is 2.26. The predicted octanol–water partition coefficient (Wildman–Crippen LogP) is 1.67. The molecule has 1 saturated carbocycles. The molecule has 0 radical (unpaired) electrons. The van der Waals surface area contributed by atoms with Gasteiger partial charge in [-0.2, -0.15) is 0 Å². The van der Waals surface area contributed by atoms with E-state index in [2.05, 4.69) is 14.8 Å². The molecule has 2 fully saturated rings. The van der Waals surface area contributed by atoms with E-state index in [1.165, 1.54) is 19.4 Å². The van der Waals surface area contributed by atoms with Crippen molar-refractivity contribution in [2.24, 2.45) is 5.92 Å². The Labute approximate surface area is 115 Å². The molecule has 4 heteroatoms. The van der Waals surface area contributed by atoms with Gasteiger partial charge in [-0.1, -0.05) is 0 Å². The molecule has 1 aromatic rings. The molecule has 4 nitrogen and oxygen atoms in total. The van der Waals surface area contributed by atoms with Crippen LogP contribution in [-0.2, 0) is 0 Å². The number of hydrogen-bond donors (Lipinski definition) is 1. The molecule has 1 aromatic heterocycles. The van der Waals surface area contributed by atoms with Crippen LogP contribution in [0, 0.1) is 5.92 Å². The summed E-state index contributed by atoms with van der Waals surface area (Å²) >= 11 is 0. The quantitative estimate of drug-likeness (QED) is 0.895. The first kappa shape index (κ1) is 12.9. The number of rotatable bonds is 4. The number of nitrogens with zero attached hydrogens (tertiary/aromatic N) is 3. The van der Waals surface area contributed by atoms with E-state index in [-0.39, 0.29) is 0 Å². The molecule has 0 bridgehead atoms. The lowest BCUT2D eigenvalue weighted by Crippen LogP contribution is -2.47. The Morgan fingerprint density at radius 2 is 2.05 bits per heavy atom. The smallest absolute Gasteiger partial charge is 0.128 e. The average Bonchev–Trinajstić information content (AvgIpc) is 3.24. The van der Waals surface area contributed by atoms with Gasteiger partial charge in [0.2, 0.25) is 0 Å². The molecule has 0 unspecified atom stereocenters. The van der Waals surface area contributed by atoms with E-state index in [4.69, 9.17) is 0 Å². The lowest BCUT2D eigenvalue weighted by Gasteiger charge is -2.35. The minimum atomic E-state index is -0.419. The topological polar surface area (TPSA) is 39.6 Å². The number of piperazine rings is 1. The van der Waals surface area contributed by atoms with Gasteiger partial charge in [0.1, 0.15) is 5.82 Å². The zero-order valence-electron chi connectivity index (χ0n) is 11.6. The van der Waals surface area contributed by atoms with Gasteiger partial charge < -0.3 is 10.0 Å². The van der Waals surface area contributed by atoms with Crippen molar-refractivity contribution in [1.82, 2.24) is 9.88 Å². The number of hydrogen-bond acceptors (Lipinski definition) is 4. The van der Waals surface area contributed by atoms with Gasteiger partial charge in [-0.05, 0) is 43.4 Å². The Morgan fingerprint density at radius 3 is 2.68 bits per heavy atom. The van der Waals surface area contributed by atoms with Crippen LogP contribution in [-0.4, -0.2) is 47.7 Å². The van der Waals surface area contributed by atoms with E-state index in [1.807, 2.05) is 12.1 Å². The molecule has 0 amide bonds. The SMILES string of the molecule is C[C@H](O)c1ccnc(N2CCN(CC3CC3)CC2)c1. The van der Waals surface area contributed by atoms with Crippen molar-refractivity contribution in [3.8, 4) is 0 Å². The second kappa shape index (κ2) is 5.47. The van der Waals surface area contributed by atoms with Crippen molar-refractivity contribution in [3.63, 3.8) is 0 Å². The van der Waals surface area contributed by atoms with Gasteiger partial charge in [-0.3, -0.25) is 4.90 Å². The zero-order valence-corrected chi connectivity index (χ0v) is 11.6. The van der Waals surface area contributed by atoms with Crippen LogP contribution < -0.4 is 4.90 Å². The fraction of sp³-hybridized carbons (Fsp3) is 0.667. The Kier molecular flexibility index (Phi) is 3.71. The highest BCUT2D eigenvalue weighted by atomic mass is 16.3. The van der Waals surface area contributed by atoms with Crippen LogP contribution in [0.15, 0.2) is 18.3 Å². The molecule has 2 heterocycles. The molecule has 0 spiro atoms. The minimum Gasteiger partial charge on any atom is -0.389 e. The van der Waals surface area contributed by atoms with Crippen LogP contribution in [0.1, 0.15) is 31.4 Å². The summed E-state index contributed by atoms with van der Waals surface area (Å²) in [7, 11) is 0. The normalized spacial score (nSPS) is 22.5. The molecule has 1 atom stereocenters. The third kappa shape index (κ3) is 3.25. The van der Waals surface area contributed by atoms with Gasteiger partial charge >= 0.3 is 0 Å². The molecular formula is C15H23N3O. The van der Waals surface area contributed by atoms with Gasteiger partial charge in [-0.25, -0.2) is 4.98 Å². The Hall–Kier alpha value is -1.13. The van der Waals surface area contributed by atoms with Crippen LogP contribution in [0.2, 0.25) is 0 Å². The Morgan fingerprint density at radius 1 is 1.32 bits per heavy atom. The first-order valence-corrected chi connectivity index (χ1v) is 7.33. The maximum Gasteiger partial charge on any atom is 0.128 e. The maximum absolute atomic E-state index is 9.64. The fourth-order valence-electron chi connectivity index (χ4n) is 2.69. The van der Waals surface area contributed by atoms with Gasteiger partial charge in [0.15, 0.2) is 0 Å². The average molecular weight is 261 g/mol. The van der Waals surface area contributed by atoms with E-state index in [0.29, 0.717) is 0 Å². The van der Waals surface area contributed by atoms with Crippen molar-refractivity contribution in [2.45, 2.75) is 25.9 Å². The van der Waals surface area contributed by atoms with Gasteiger partial charge in [0.25, 0.3) is 0 Å². The standard InChI is InChI=1S/C15H23N3O/c1-12(19)14-4-5-16-15(10-14)18-8-6-17(7-9-18)11-13-2-3-13/h4-5,10,12-13,19H,2-3,6-9,11H2,1H3/t12-/m0/s1. The van der Waals surface area contributed by atoms with Gasteiger partial charge in [-0.15, -0.1) is 0 Å². The molecule has 1 saturated heterocycles. The first-order chi connectivity index (χ1) is 9.22. The fourth-order valence-corrected chi connectivity index (χ4v) is 2.69. The maximum atomic E-state index is 9.64. The molecule has 1 N–H and O–H groups in total. The van der Waals surface area contributed by atoms with Gasteiger partial charge in [0, 0.05) is 38.9 Å². The molecular weight excluding hydrogens is 238 g/mol. The number of aromatic nitrogens is 1. The van der Waals surface area contributed by atoms with Crippen molar-refractivity contribution in [2.75, 3.05) is 37.6 Å². The summed E-state index contributed by atoms with van der Waals surface area (Å²) in [6.07, 6.45) is 4.24. The third-order valence-electron chi connectivity index (χ3n) is 4.16. The molecule has 104 valence electrons. The number of anilines is 1. The van der Waals surface area contributed by atoms with E-state index in [0.717, 1.165) is 43.5 Å². The second-order valence-electron chi connectivity index (χ2n) is 5.85. The summed E-state index contributed by atoms with van der Waals surface area (Å²) in [4.78, 5) is 9.34.